The Kier molecular flexibility index (Phi) is 51.1. The Morgan fingerprint density at radius 1 is 0.600 bits per heavy atom. The van der Waals surface area contributed by atoms with E-state index in [1.54, 1.807) is 0 Å². The normalized spacial score (nSPS) is 8.10. The van der Waals surface area contributed by atoms with E-state index in [4.69, 9.17) is 58.3 Å². The van der Waals surface area contributed by atoms with E-state index in [0.717, 1.165) is 0 Å². The van der Waals surface area contributed by atoms with E-state index in [0.29, 0.717) is 0 Å². The van der Waals surface area contributed by atoms with Crippen LogP contribution in [-0.2, 0) is 18.7 Å². The number of carboxylic acid groups (broad SMARTS) is 2. The van der Waals surface area contributed by atoms with Crippen molar-refractivity contribution in [2.24, 2.45) is 0 Å². The van der Waals surface area contributed by atoms with Gasteiger partial charge in [-0.05, 0) is 0 Å². The van der Waals surface area contributed by atoms with Crippen molar-refractivity contribution in [2.75, 3.05) is 0 Å². The Bertz CT molecular complexity index is 295. The van der Waals surface area contributed by atoms with Crippen LogP contribution in [0.25, 0.3) is 0 Å². The fraction of sp³-hybridized carbons (Fsp3) is 0. The molecule has 0 amide bonds. The Labute approximate surface area is 243 Å². The van der Waals surface area contributed by atoms with E-state index >= 15 is 0 Å². The largest absolute Gasteiger partial charge is 2.00 e. The Morgan fingerprint density at radius 3 is 0.650 bits per heavy atom. The fourth-order valence-corrected chi connectivity index (χ4v) is 0. The van der Waals surface area contributed by atoms with Crippen molar-refractivity contribution in [3.8, 4) is 0 Å². The molecule has 0 heterocycles. The molecule has 0 radical (unpaired) electrons. The molecule has 0 saturated carbocycles. The average molecular weight is 454 g/mol. The summed E-state index contributed by atoms with van der Waals surface area (Å²) in [5, 5.41) is 14.8. The van der Waals surface area contributed by atoms with E-state index in [1.165, 1.54) is 0 Å². The van der Waals surface area contributed by atoms with Crippen molar-refractivity contribution in [3.63, 3.8) is 0 Å². The molecule has 0 atom stereocenters. The topological polar surface area (TPSA) is 230 Å². The minimum Gasteiger partial charge on any atom is -1.00 e. The zero-order valence-electron chi connectivity index (χ0n) is 17.9. The van der Waals surface area contributed by atoms with E-state index < -0.39 is 27.6 Å². The molecule has 0 aliphatic heterocycles. The molecule has 18 heteroatoms. The third-order valence-electron chi connectivity index (χ3n) is 0.183. The van der Waals surface area contributed by atoms with Crippen LogP contribution in [0.3, 0.4) is 0 Å². The summed E-state index contributed by atoms with van der Waals surface area (Å²) in [6.07, 6.45) is 0. The van der Waals surface area contributed by atoms with Gasteiger partial charge < -0.3 is 51.0 Å². The molecular weight excluding hydrogens is 438 g/mol. The van der Waals surface area contributed by atoms with E-state index in [1.807, 2.05) is 0 Å². The molecule has 114 valence electrons. The van der Waals surface area contributed by atoms with Crippen molar-refractivity contribution in [1.82, 2.24) is 0 Å². The maximum absolute atomic E-state index is 9.10. The van der Waals surface area contributed by atoms with Crippen LogP contribution < -0.4 is 0 Å². The summed E-state index contributed by atoms with van der Waals surface area (Å²) in [6.45, 7) is 0. The molecule has 0 aromatic rings. The quantitative estimate of drug-likeness (QED) is 0.102. The second-order valence-corrected chi connectivity index (χ2v) is 3.69. The number of carboxylic acids is 2. The monoisotopic (exact) mass is 454 g/mol. The molecule has 0 unspecified atom stereocenters. The molecule has 12 nitrogen and oxygen atoms in total. The second-order valence-electron chi connectivity index (χ2n) is 1.64. The van der Waals surface area contributed by atoms with Gasteiger partial charge in [0.1, 0.15) is 0 Å². The number of phosphoric acid groups is 2. The molecule has 0 aromatic carbocycles. The van der Waals surface area contributed by atoms with Gasteiger partial charge in [0.2, 0.25) is 0 Å². The Balaban J connectivity index is -0.00000000575. The molecule has 0 aliphatic rings. The molecule has 20 heavy (non-hydrogen) atoms. The smallest absolute Gasteiger partial charge is 1.00 e. The number of aliphatic carboxylic acids is 2. The van der Waals surface area contributed by atoms with Gasteiger partial charge in [-0.15, -0.1) is 0 Å². The van der Waals surface area contributed by atoms with Crippen LogP contribution in [0.2, 0.25) is 0 Å². The molecule has 0 fully saturated rings. The van der Waals surface area contributed by atoms with Crippen LogP contribution in [0, 0.1) is 0 Å². The van der Waals surface area contributed by atoms with Gasteiger partial charge in [0.05, 0.1) is 0 Å². The minimum atomic E-state index is -4.64. The van der Waals surface area contributed by atoms with Gasteiger partial charge in [-0.1, -0.05) is 0 Å². The van der Waals surface area contributed by atoms with Crippen molar-refractivity contribution < 1.29 is 69.7 Å². The predicted molar refractivity (Wildman–Crippen MR) is 75.7 cm³/mol. The first kappa shape index (κ1) is 44.0. The summed E-state index contributed by atoms with van der Waals surface area (Å²) >= 11 is 0. The maximum atomic E-state index is 9.10. The van der Waals surface area contributed by atoms with Crippen molar-refractivity contribution in [2.45, 2.75) is 0 Å². The van der Waals surface area contributed by atoms with E-state index in [9.17, 15) is 0 Å². The number of rotatable bonds is 0. The van der Waals surface area contributed by atoms with Crippen LogP contribution in [0.1, 0.15) is 11.4 Å². The number of hydrogen-bond donors (Lipinski definition) is 8. The maximum Gasteiger partial charge on any atom is 2.00 e. The van der Waals surface area contributed by atoms with Crippen LogP contribution in [-0.4, -0.2) is 202 Å². The van der Waals surface area contributed by atoms with Gasteiger partial charge in [0.15, 0.2) is 0 Å². The van der Waals surface area contributed by atoms with Crippen LogP contribution >= 0.6 is 15.6 Å². The van der Waals surface area contributed by atoms with Crippen molar-refractivity contribution in [3.05, 3.63) is 0 Å². The predicted octanol–water partition coefficient (Wildman–Crippen LogP) is -3.32. The summed E-state index contributed by atoms with van der Waals surface area (Å²) < 4.78 is 17.8. The van der Waals surface area contributed by atoms with Crippen molar-refractivity contribution >= 4 is 179 Å². The molecule has 0 bridgehead atoms. The zero-order valence-corrected chi connectivity index (χ0v) is 20.6. The van der Waals surface area contributed by atoms with Gasteiger partial charge in [0.25, 0.3) is 0 Å². The standard InChI is InChI=1S/C2H2O4.4Ca.2H3O4P.8H/c3-1(4)2(5)6;;;;;2*1-5(2,3)4;;;;;;;;/h(H,3,4)(H,5,6);;;;;2*(H3,1,2,3,4);;;;;;;;/q;4*+2;;;8*-1. The van der Waals surface area contributed by atoms with E-state index in [-0.39, 0.29) is 162 Å². The van der Waals surface area contributed by atoms with Crippen molar-refractivity contribution in [1.29, 1.82) is 0 Å². The number of carbonyl (C=O) groups is 2. The first-order chi connectivity index (χ1) is 6.64. The third-order valence-corrected chi connectivity index (χ3v) is 0.183. The molecular formula is C2H16Ca4O12P2. The Hall–Kier alpha value is 4.20. The first-order valence-electron chi connectivity index (χ1n) is 2.67. The zero-order chi connectivity index (χ0) is 14.2. The molecule has 0 aliphatic carbocycles. The number of hydrogen-bond acceptors (Lipinski definition) is 4. The molecule has 0 saturated heterocycles. The van der Waals surface area contributed by atoms with Crippen LogP contribution in [0.5, 0.6) is 0 Å². The molecule has 0 rings (SSSR count). The summed E-state index contributed by atoms with van der Waals surface area (Å²) in [4.78, 5) is 61.3. The summed E-state index contributed by atoms with van der Waals surface area (Å²) in [5.74, 6) is -3.65. The van der Waals surface area contributed by atoms with Gasteiger partial charge in [-0.25, -0.2) is 18.7 Å². The molecule has 0 spiro atoms. The minimum absolute atomic E-state index is 0. The second kappa shape index (κ2) is 23.2. The molecule has 0 aromatic heterocycles. The SMILES string of the molecule is O=C(O)C(=O)O.O=P(O)(O)O.O=P(O)(O)O.[Ca+2].[Ca+2].[Ca+2].[Ca+2].[H-].[H-].[H-].[H-].[H-].[H-].[H-].[H-]. The first-order valence-corrected chi connectivity index (χ1v) is 5.80. The van der Waals surface area contributed by atoms with Gasteiger partial charge in [0, 0.05) is 0 Å². The summed E-state index contributed by atoms with van der Waals surface area (Å²) in [5.41, 5.74) is 0. The molecule has 8 N–H and O–H groups in total. The fourth-order valence-electron chi connectivity index (χ4n) is 0. The Morgan fingerprint density at radius 2 is 0.650 bits per heavy atom. The van der Waals surface area contributed by atoms with Crippen LogP contribution in [0.4, 0.5) is 0 Å². The average Bonchev–Trinajstić information content (AvgIpc) is 1.77. The van der Waals surface area contributed by atoms with Gasteiger partial charge in [-0.3, -0.25) is 0 Å². The van der Waals surface area contributed by atoms with Gasteiger partial charge >= 0.3 is 179 Å². The summed E-state index contributed by atoms with van der Waals surface area (Å²) in [6, 6.07) is 0. The summed E-state index contributed by atoms with van der Waals surface area (Å²) in [7, 11) is -9.28. The van der Waals surface area contributed by atoms with E-state index in [2.05, 4.69) is 0 Å². The van der Waals surface area contributed by atoms with Crippen LogP contribution in [0.15, 0.2) is 0 Å². The third kappa shape index (κ3) is 148. The van der Waals surface area contributed by atoms with Gasteiger partial charge in [-0.2, -0.15) is 0 Å².